The van der Waals surface area contributed by atoms with Gasteiger partial charge in [0.2, 0.25) is 0 Å². The van der Waals surface area contributed by atoms with E-state index >= 15 is 0 Å². The highest BCUT2D eigenvalue weighted by molar-refractivity contribution is 5.79. The molecule has 0 radical (unpaired) electrons. The Morgan fingerprint density at radius 3 is 1.81 bits per heavy atom. The van der Waals surface area contributed by atoms with Crippen molar-refractivity contribution in [1.29, 1.82) is 0 Å². The minimum atomic E-state index is -0.539. The molecule has 0 bridgehead atoms. The summed E-state index contributed by atoms with van der Waals surface area (Å²) < 4.78 is 2.31. The van der Waals surface area contributed by atoms with Gasteiger partial charge in [-0.25, -0.2) is 4.98 Å². The number of nitrogens with zero attached hydrogens (tertiary/aromatic N) is 2. The van der Waals surface area contributed by atoms with E-state index in [0.29, 0.717) is 23.5 Å². The number of hydrogen-bond acceptors (Lipinski definition) is 2. The Labute approximate surface area is 220 Å². The van der Waals surface area contributed by atoms with Crippen LogP contribution in [0, 0.1) is 17.8 Å². The topological polar surface area (TPSA) is 34.9 Å². The van der Waals surface area contributed by atoms with Gasteiger partial charge in [-0.15, -0.1) is 0 Å². The van der Waals surface area contributed by atoms with Crippen molar-refractivity contribution < 1.29 is 4.79 Å². The van der Waals surface area contributed by atoms with Gasteiger partial charge in [0.25, 0.3) is 0 Å². The summed E-state index contributed by atoms with van der Waals surface area (Å²) in [5.41, 5.74) is 4.19. The molecule has 0 spiro atoms. The average molecular weight is 489 g/mol. The van der Waals surface area contributed by atoms with Crippen LogP contribution in [0.25, 0.3) is 0 Å². The number of hydrogen-bond donors (Lipinski definition) is 0. The maximum Gasteiger partial charge on any atom is 0.133 e. The molecule has 3 atom stereocenters. The van der Waals surface area contributed by atoms with Crippen molar-refractivity contribution in [2.45, 2.75) is 56.9 Å². The molecule has 0 amide bonds. The molecule has 1 heterocycles. The Balaban J connectivity index is 1.42. The third-order valence-corrected chi connectivity index (χ3v) is 8.87. The van der Waals surface area contributed by atoms with Crippen molar-refractivity contribution in [2.24, 2.45) is 17.8 Å². The number of benzene rings is 3. The van der Waals surface area contributed by atoms with Crippen LogP contribution in [-0.4, -0.2) is 15.3 Å². The van der Waals surface area contributed by atoms with E-state index in [9.17, 15) is 4.79 Å². The van der Waals surface area contributed by atoms with Gasteiger partial charge >= 0.3 is 0 Å². The average Bonchev–Trinajstić information content (AvgIpc) is 3.57. The van der Waals surface area contributed by atoms with Gasteiger partial charge in [0.1, 0.15) is 11.3 Å². The second kappa shape index (κ2) is 10.1. The summed E-state index contributed by atoms with van der Waals surface area (Å²) in [4.78, 5) is 17.8. The number of carbonyl (C=O) groups excluding carboxylic acids is 1. The van der Waals surface area contributed by atoms with E-state index < -0.39 is 5.54 Å². The smallest absolute Gasteiger partial charge is 0.133 e. The Morgan fingerprint density at radius 2 is 1.32 bits per heavy atom. The fourth-order valence-electron chi connectivity index (χ4n) is 7.13. The number of carbonyl (C=O) groups is 1. The molecule has 0 saturated heterocycles. The van der Waals surface area contributed by atoms with E-state index in [2.05, 4.69) is 102 Å². The molecule has 6 rings (SSSR count). The molecule has 188 valence electrons. The summed E-state index contributed by atoms with van der Waals surface area (Å²) in [7, 11) is 0. The summed E-state index contributed by atoms with van der Waals surface area (Å²) in [6.07, 6.45) is 11.6. The maximum atomic E-state index is 12.8. The van der Waals surface area contributed by atoms with Gasteiger partial charge in [-0.1, -0.05) is 110 Å². The fraction of sp³-hybridized carbons (Fsp3) is 0.353. The van der Waals surface area contributed by atoms with E-state index in [1.54, 1.807) is 0 Å². The molecule has 4 aromatic rings. The van der Waals surface area contributed by atoms with Crippen LogP contribution < -0.4 is 0 Å². The Kier molecular flexibility index (Phi) is 6.54. The van der Waals surface area contributed by atoms with Crippen LogP contribution in [-0.2, 0) is 10.3 Å². The van der Waals surface area contributed by atoms with E-state index in [-0.39, 0.29) is 5.92 Å². The zero-order valence-corrected chi connectivity index (χ0v) is 21.7. The highest BCUT2D eigenvalue weighted by atomic mass is 16.1. The Hall–Kier alpha value is -3.46. The molecule has 3 aromatic carbocycles. The molecular weight excluding hydrogens is 452 g/mol. The summed E-state index contributed by atoms with van der Waals surface area (Å²) in [6.45, 7) is 1.82. The largest absolute Gasteiger partial charge is 0.319 e. The predicted octanol–water partition coefficient (Wildman–Crippen LogP) is 7.61. The number of rotatable bonds is 8. The second-order valence-corrected chi connectivity index (χ2v) is 11.1. The van der Waals surface area contributed by atoms with Crippen molar-refractivity contribution in [1.82, 2.24) is 9.55 Å². The molecule has 3 unspecified atom stereocenters. The number of aromatic nitrogens is 2. The Bertz CT molecular complexity index is 1230. The number of imidazole rings is 1. The van der Waals surface area contributed by atoms with Crippen LogP contribution in [0.3, 0.4) is 0 Å². The number of Topliss-reactive ketones (excluding diaryl/α,β-unsaturated/α-hetero) is 1. The molecule has 1 aromatic heterocycles. The summed E-state index contributed by atoms with van der Waals surface area (Å²) >= 11 is 0. The summed E-state index contributed by atoms with van der Waals surface area (Å²) in [5, 5.41) is 0. The fourth-order valence-corrected chi connectivity index (χ4v) is 7.13. The standard InChI is InChI=1S/C34H36N2O/c1-25(37)33(26-14-6-2-7-15-26)31-22-30(31)32-23-36(24-35-32)34(27-16-8-3-9-17-27,28-18-10-4-11-19-28)29-20-12-5-13-21-29/h3-5,8-13,16-21,23-24,26,30-31,33H,2,6-7,14-15,22H2,1H3. The van der Waals surface area contributed by atoms with E-state index in [1.165, 1.54) is 48.8 Å². The molecule has 2 saturated carbocycles. The highest BCUT2D eigenvalue weighted by Crippen LogP contribution is 2.55. The first kappa shape index (κ1) is 23.9. The molecule has 3 nitrogen and oxygen atoms in total. The molecule has 2 aliphatic carbocycles. The van der Waals surface area contributed by atoms with Crippen LogP contribution in [0.1, 0.15) is 73.8 Å². The second-order valence-electron chi connectivity index (χ2n) is 11.1. The first-order chi connectivity index (χ1) is 18.2. The molecule has 2 fully saturated rings. The molecule has 3 heteroatoms. The predicted molar refractivity (Wildman–Crippen MR) is 148 cm³/mol. The van der Waals surface area contributed by atoms with Crippen molar-refractivity contribution in [3.63, 3.8) is 0 Å². The van der Waals surface area contributed by atoms with Crippen molar-refractivity contribution in [3.05, 3.63) is 126 Å². The first-order valence-corrected chi connectivity index (χ1v) is 13.9. The van der Waals surface area contributed by atoms with Gasteiger partial charge < -0.3 is 4.57 Å². The Morgan fingerprint density at radius 1 is 0.811 bits per heavy atom. The van der Waals surface area contributed by atoms with Crippen molar-refractivity contribution in [3.8, 4) is 0 Å². The molecule has 0 N–H and O–H groups in total. The third kappa shape index (κ3) is 4.35. The van der Waals surface area contributed by atoms with Crippen molar-refractivity contribution in [2.75, 3.05) is 0 Å². The quantitative estimate of drug-likeness (QED) is 0.239. The highest BCUT2D eigenvalue weighted by Gasteiger charge is 2.50. The van der Waals surface area contributed by atoms with Gasteiger partial charge in [0.15, 0.2) is 0 Å². The summed E-state index contributed by atoms with van der Waals surface area (Å²) in [6, 6.07) is 32.2. The lowest BCUT2D eigenvalue weighted by atomic mass is 9.75. The monoisotopic (exact) mass is 488 g/mol. The van der Waals surface area contributed by atoms with Gasteiger partial charge in [0, 0.05) is 18.0 Å². The molecule has 37 heavy (non-hydrogen) atoms. The molecular formula is C34H36N2O. The minimum Gasteiger partial charge on any atom is -0.319 e. The van der Waals surface area contributed by atoms with Crippen LogP contribution in [0.2, 0.25) is 0 Å². The van der Waals surface area contributed by atoms with Gasteiger partial charge in [0.05, 0.1) is 12.0 Å². The van der Waals surface area contributed by atoms with Gasteiger partial charge in [-0.2, -0.15) is 0 Å². The zero-order valence-electron chi connectivity index (χ0n) is 21.7. The SMILES string of the molecule is CC(=O)C(C1CCCCC1)C1CC1c1cn(C(c2ccccc2)(c2ccccc2)c2ccccc2)cn1. The van der Waals surface area contributed by atoms with E-state index in [4.69, 9.17) is 4.98 Å². The maximum absolute atomic E-state index is 12.8. The normalized spacial score (nSPS) is 20.9. The first-order valence-electron chi connectivity index (χ1n) is 13.9. The van der Waals surface area contributed by atoms with Crippen molar-refractivity contribution >= 4 is 5.78 Å². The van der Waals surface area contributed by atoms with Gasteiger partial charge in [-0.3, -0.25) is 4.79 Å². The van der Waals surface area contributed by atoms with Gasteiger partial charge in [-0.05, 0) is 54.7 Å². The van der Waals surface area contributed by atoms with E-state index in [1.807, 2.05) is 13.3 Å². The lowest BCUT2D eigenvalue weighted by Crippen LogP contribution is -2.36. The number of ketones is 1. The molecule has 2 aliphatic rings. The lowest BCUT2D eigenvalue weighted by molar-refractivity contribution is -0.123. The van der Waals surface area contributed by atoms with Crippen LogP contribution in [0.15, 0.2) is 104 Å². The minimum absolute atomic E-state index is 0.192. The van der Waals surface area contributed by atoms with E-state index in [0.717, 1.165) is 12.1 Å². The lowest BCUT2D eigenvalue weighted by Gasteiger charge is -2.37. The van der Waals surface area contributed by atoms with Crippen LogP contribution in [0.5, 0.6) is 0 Å². The third-order valence-electron chi connectivity index (χ3n) is 8.87. The zero-order chi connectivity index (χ0) is 25.2. The summed E-state index contributed by atoms with van der Waals surface area (Å²) in [5.74, 6) is 1.93. The van der Waals surface area contributed by atoms with Crippen LogP contribution >= 0.6 is 0 Å². The molecule has 0 aliphatic heterocycles. The van der Waals surface area contributed by atoms with Crippen LogP contribution in [0.4, 0.5) is 0 Å².